The highest BCUT2D eigenvalue weighted by Crippen LogP contribution is 2.31. The third kappa shape index (κ3) is 3.04. The zero-order valence-electron chi connectivity index (χ0n) is 11.2. The molecule has 2 rings (SSSR count). The molecule has 4 nitrogen and oxygen atoms in total. The largest absolute Gasteiger partial charge is 0.394 e. The number of aliphatic hydroxyl groups excluding tert-OH is 1. The third-order valence-electron chi connectivity index (χ3n) is 4.59. The van der Waals surface area contributed by atoms with Crippen molar-refractivity contribution in [2.75, 3.05) is 19.7 Å². The Morgan fingerprint density at radius 2 is 2.06 bits per heavy atom. The maximum atomic E-state index is 12.6. The molecule has 0 spiro atoms. The van der Waals surface area contributed by atoms with E-state index in [9.17, 15) is 9.90 Å². The molecule has 1 saturated heterocycles. The molecule has 3 atom stereocenters. The summed E-state index contributed by atoms with van der Waals surface area (Å²) in [6.45, 7) is 1.64. The lowest BCUT2D eigenvalue weighted by Gasteiger charge is -2.38. The lowest BCUT2D eigenvalue weighted by Crippen LogP contribution is -2.49. The van der Waals surface area contributed by atoms with E-state index in [-0.39, 0.29) is 24.5 Å². The molecule has 0 bridgehead atoms. The van der Waals surface area contributed by atoms with E-state index in [4.69, 9.17) is 5.73 Å². The molecule has 1 aliphatic heterocycles. The Hall–Kier alpha value is -0.610. The van der Waals surface area contributed by atoms with Gasteiger partial charge in [-0.2, -0.15) is 0 Å². The maximum absolute atomic E-state index is 12.6. The average molecular weight is 254 g/mol. The minimum atomic E-state index is 0.0597. The van der Waals surface area contributed by atoms with Crippen LogP contribution >= 0.6 is 0 Å². The number of rotatable bonds is 3. The van der Waals surface area contributed by atoms with E-state index in [0.29, 0.717) is 12.5 Å². The number of nitrogens with zero attached hydrogens (tertiary/aromatic N) is 1. The van der Waals surface area contributed by atoms with Gasteiger partial charge in [-0.15, -0.1) is 0 Å². The smallest absolute Gasteiger partial charge is 0.226 e. The molecule has 2 aliphatic rings. The Morgan fingerprint density at radius 3 is 2.78 bits per heavy atom. The fourth-order valence-corrected chi connectivity index (χ4v) is 3.44. The summed E-state index contributed by atoms with van der Waals surface area (Å²) in [6.07, 6.45) is 7.41. The van der Waals surface area contributed by atoms with Gasteiger partial charge in [-0.3, -0.25) is 4.79 Å². The van der Waals surface area contributed by atoms with Crippen molar-refractivity contribution >= 4 is 5.91 Å². The Kier molecular flexibility index (Phi) is 5.01. The van der Waals surface area contributed by atoms with E-state index >= 15 is 0 Å². The SMILES string of the molecule is NCC1CCCC(C(=O)N2CCCCC2CO)C1. The maximum Gasteiger partial charge on any atom is 0.226 e. The van der Waals surface area contributed by atoms with E-state index in [2.05, 4.69) is 0 Å². The monoisotopic (exact) mass is 254 g/mol. The number of carbonyl (C=O) groups is 1. The number of nitrogens with two attached hydrogens (primary N) is 1. The second-order valence-electron chi connectivity index (χ2n) is 5.83. The lowest BCUT2D eigenvalue weighted by atomic mass is 9.80. The molecule has 3 unspecified atom stereocenters. The van der Waals surface area contributed by atoms with E-state index < -0.39 is 0 Å². The van der Waals surface area contributed by atoms with Gasteiger partial charge < -0.3 is 15.7 Å². The number of amides is 1. The van der Waals surface area contributed by atoms with Gasteiger partial charge in [0, 0.05) is 12.5 Å². The zero-order chi connectivity index (χ0) is 13.0. The normalized spacial score (nSPS) is 33.4. The van der Waals surface area contributed by atoms with Crippen LogP contribution in [0.15, 0.2) is 0 Å². The molecule has 1 heterocycles. The van der Waals surface area contributed by atoms with Gasteiger partial charge in [0.2, 0.25) is 5.91 Å². The first-order valence-corrected chi connectivity index (χ1v) is 7.37. The quantitative estimate of drug-likeness (QED) is 0.793. The van der Waals surface area contributed by atoms with E-state index in [0.717, 1.165) is 45.1 Å². The summed E-state index contributed by atoms with van der Waals surface area (Å²) < 4.78 is 0. The number of hydrogen-bond acceptors (Lipinski definition) is 3. The molecule has 1 aliphatic carbocycles. The summed E-state index contributed by atoms with van der Waals surface area (Å²) in [7, 11) is 0. The highest BCUT2D eigenvalue weighted by molar-refractivity contribution is 5.79. The molecule has 0 radical (unpaired) electrons. The summed E-state index contributed by atoms with van der Waals surface area (Å²) >= 11 is 0. The average Bonchev–Trinajstić information content (AvgIpc) is 2.46. The second kappa shape index (κ2) is 6.53. The van der Waals surface area contributed by atoms with Gasteiger partial charge >= 0.3 is 0 Å². The predicted molar refractivity (Wildman–Crippen MR) is 70.9 cm³/mol. The molecule has 2 fully saturated rings. The first-order valence-electron chi connectivity index (χ1n) is 7.37. The standard InChI is InChI=1S/C14H26N2O2/c15-9-11-4-3-5-12(8-11)14(18)16-7-2-1-6-13(16)10-17/h11-13,17H,1-10,15H2. The van der Waals surface area contributed by atoms with Crippen molar-refractivity contribution in [3.63, 3.8) is 0 Å². The predicted octanol–water partition coefficient (Wildman–Crippen LogP) is 1.12. The van der Waals surface area contributed by atoms with Gasteiger partial charge in [0.25, 0.3) is 0 Å². The highest BCUT2D eigenvalue weighted by Gasteiger charge is 2.33. The van der Waals surface area contributed by atoms with Crippen LogP contribution in [0.1, 0.15) is 44.9 Å². The van der Waals surface area contributed by atoms with Crippen molar-refractivity contribution in [2.45, 2.75) is 51.0 Å². The molecule has 104 valence electrons. The minimum Gasteiger partial charge on any atom is -0.394 e. The van der Waals surface area contributed by atoms with Crippen LogP contribution < -0.4 is 5.73 Å². The first kappa shape index (κ1) is 13.8. The number of likely N-dealkylation sites (tertiary alicyclic amines) is 1. The molecule has 1 amide bonds. The first-order chi connectivity index (χ1) is 8.76. The van der Waals surface area contributed by atoms with Crippen molar-refractivity contribution in [1.82, 2.24) is 4.90 Å². The van der Waals surface area contributed by atoms with Crippen LogP contribution in [-0.2, 0) is 4.79 Å². The van der Waals surface area contributed by atoms with Crippen LogP contribution in [0.2, 0.25) is 0 Å². The zero-order valence-corrected chi connectivity index (χ0v) is 11.2. The number of hydrogen-bond donors (Lipinski definition) is 2. The van der Waals surface area contributed by atoms with E-state index in [1.54, 1.807) is 0 Å². The van der Waals surface area contributed by atoms with E-state index in [1.165, 1.54) is 6.42 Å². The molecule has 0 aromatic rings. The molecule has 0 aromatic carbocycles. The van der Waals surface area contributed by atoms with Crippen LogP contribution in [0, 0.1) is 11.8 Å². The molecular weight excluding hydrogens is 228 g/mol. The number of aliphatic hydroxyl groups is 1. The van der Waals surface area contributed by atoms with Crippen LogP contribution in [0.5, 0.6) is 0 Å². The van der Waals surface area contributed by atoms with Gasteiger partial charge in [-0.25, -0.2) is 0 Å². The summed E-state index contributed by atoms with van der Waals surface area (Å²) in [5.41, 5.74) is 5.73. The van der Waals surface area contributed by atoms with Gasteiger partial charge in [-0.05, 0) is 51.0 Å². The second-order valence-corrected chi connectivity index (χ2v) is 5.83. The fraction of sp³-hybridized carbons (Fsp3) is 0.929. The fourth-order valence-electron chi connectivity index (χ4n) is 3.44. The van der Waals surface area contributed by atoms with E-state index in [1.807, 2.05) is 4.90 Å². The van der Waals surface area contributed by atoms with Crippen LogP contribution in [0.3, 0.4) is 0 Å². The molecule has 0 aromatic heterocycles. The van der Waals surface area contributed by atoms with Crippen molar-refractivity contribution in [2.24, 2.45) is 17.6 Å². The van der Waals surface area contributed by atoms with Crippen LogP contribution in [0.4, 0.5) is 0 Å². The van der Waals surface area contributed by atoms with Crippen molar-refractivity contribution in [3.05, 3.63) is 0 Å². The van der Waals surface area contributed by atoms with Crippen molar-refractivity contribution < 1.29 is 9.90 Å². The van der Waals surface area contributed by atoms with Crippen LogP contribution in [-0.4, -0.2) is 41.7 Å². The summed E-state index contributed by atoms with van der Waals surface area (Å²) in [6, 6.07) is 0.0597. The summed E-state index contributed by atoms with van der Waals surface area (Å²) in [5, 5.41) is 9.39. The van der Waals surface area contributed by atoms with Crippen molar-refractivity contribution in [3.8, 4) is 0 Å². The van der Waals surface area contributed by atoms with Crippen LogP contribution in [0.25, 0.3) is 0 Å². The van der Waals surface area contributed by atoms with Gasteiger partial charge in [-0.1, -0.05) is 6.42 Å². The highest BCUT2D eigenvalue weighted by atomic mass is 16.3. The Morgan fingerprint density at radius 1 is 1.22 bits per heavy atom. The Bertz CT molecular complexity index is 283. The molecule has 1 saturated carbocycles. The molecule has 4 heteroatoms. The third-order valence-corrected chi connectivity index (χ3v) is 4.59. The van der Waals surface area contributed by atoms with Crippen molar-refractivity contribution in [1.29, 1.82) is 0 Å². The molecular formula is C14H26N2O2. The number of piperidine rings is 1. The molecule has 18 heavy (non-hydrogen) atoms. The summed E-state index contributed by atoms with van der Waals surface area (Å²) in [4.78, 5) is 14.5. The Balaban J connectivity index is 1.96. The van der Waals surface area contributed by atoms with Gasteiger partial charge in [0.05, 0.1) is 12.6 Å². The Labute approximate surface area is 110 Å². The minimum absolute atomic E-state index is 0.0597. The summed E-state index contributed by atoms with van der Waals surface area (Å²) in [5.74, 6) is 0.941. The lowest BCUT2D eigenvalue weighted by molar-refractivity contribution is -0.142. The topological polar surface area (TPSA) is 66.6 Å². The van der Waals surface area contributed by atoms with Gasteiger partial charge in [0.1, 0.15) is 0 Å². The molecule has 3 N–H and O–H groups in total. The van der Waals surface area contributed by atoms with Gasteiger partial charge in [0.15, 0.2) is 0 Å². The number of carbonyl (C=O) groups excluding carboxylic acids is 1.